The Labute approximate surface area is 135 Å². The monoisotopic (exact) mass is 328 g/mol. The van der Waals surface area contributed by atoms with Gasteiger partial charge in [0, 0.05) is 31.4 Å². The number of carbonyl (C=O) groups is 1. The summed E-state index contributed by atoms with van der Waals surface area (Å²) in [6, 6.07) is 4.76. The van der Waals surface area contributed by atoms with Crippen LogP contribution in [0.1, 0.15) is 27.7 Å². The molecule has 1 aromatic carbocycles. The molecule has 0 spiro atoms. The first-order valence-electron chi connectivity index (χ1n) is 7.37. The number of anilines is 1. The van der Waals surface area contributed by atoms with Crippen molar-refractivity contribution in [2.45, 2.75) is 39.3 Å². The first-order valence-corrected chi connectivity index (χ1v) is 7.75. The molecule has 0 N–H and O–H groups in total. The molecule has 22 heavy (non-hydrogen) atoms. The van der Waals surface area contributed by atoms with Gasteiger partial charge in [0.1, 0.15) is 11.4 Å². The van der Waals surface area contributed by atoms with E-state index in [1.165, 1.54) is 6.07 Å². The van der Waals surface area contributed by atoms with Crippen LogP contribution in [-0.4, -0.2) is 42.3 Å². The third kappa shape index (κ3) is 4.03. The zero-order valence-electron chi connectivity index (χ0n) is 13.4. The highest BCUT2D eigenvalue weighted by atomic mass is 35.5. The van der Waals surface area contributed by atoms with Crippen molar-refractivity contribution in [1.29, 1.82) is 0 Å². The molecule has 2 rings (SSSR count). The summed E-state index contributed by atoms with van der Waals surface area (Å²) < 4.78 is 19.0. The van der Waals surface area contributed by atoms with Gasteiger partial charge in [-0.3, -0.25) is 0 Å². The van der Waals surface area contributed by atoms with Crippen molar-refractivity contribution in [1.82, 2.24) is 4.90 Å². The lowest BCUT2D eigenvalue weighted by Crippen LogP contribution is -2.55. The van der Waals surface area contributed by atoms with E-state index in [1.54, 1.807) is 17.0 Å². The first-order chi connectivity index (χ1) is 10.2. The number of piperazine rings is 1. The predicted octanol–water partition coefficient (Wildman–Crippen LogP) is 3.92. The summed E-state index contributed by atoms with van der Waals surface area (Å²) in [5.41, 5.74) is 0.269. The molecule has 1 aromatic rings. The maximum absolute atomic E-state index is 13.6. The highest BCUT2D eigenvalue weighted by molar-refractivity contribution is 6.30. The fourth-order valence-electron chi connectivity index (χ4n) is 2.47. The molecule has 122 valence electrons. The maximum Gasteiger partial charge on any atom is 0.410 e. The number of carbonyl (C=O) groups excluding carboxylic acids is 1. The molecule has 1 amide bonds. The fraction of sp³-hybridized carbons (Fsp3) is 0.562. The molecule has 0 aromatic heterocycles. The molecule has 4 nitrogen and oxygen atoms in total. The van der Waals surface area contributed by atoms with Crippen molar-refractivity contribution in [3.63, 3.8) is 0 Å². The third-order valence-corrected chi connectivity index (χ3v) is 3.83. The molecule has 1 aliphatic rings. The number of rotatable bonds is 1. The van der Waals surface area contributed by atoms with Crippen LogP contribution in [0, 0.1) is 5.82 Å². The van der Waals surface area contributed by atoms with E-state index in [2.05, 4.69) is 0 Å². The summed E-state index contributed by atoms with van der Waals surface area (Å²) in [5, 5.41) is 0.115. The fourth-order valence-corrected chi connectivity index (χ4v) is 2.58. The van der Waals surface area contributed by atoms with Crippen LogP contribution in [0.4, 0.5) is 14.9 Å². The van der Waals surface area contributed by atoms with Gasteiger partial charge in [-0.1, -0.05) is 11.6 Å². The summed E-state index contributed by atoms with van der Waals surface area (Å²) in [7, 11) is 0. The van der Waals surface area contributed by atoms with Crippen LogP contribution in [0.3, 0.4) is 0 Å². The minimum atomic E-state index is -0.507. The van der Waals surface area contributed by atoms with Crippen molar-refractivity contribution in [2.24, 2.45) is 0 Å². The van der Waals surface area contributed by atoms with Gasteiger partial charge in [0.25, 0.3) is 0 Å². The molecular weight excluding hydrogens is 307 g/mol. The van der Waals surface area contributed by atoms with Crippen LogP contribution in [0.5, 0.6) is 0 Å². The van der Waals surface area contributed by atoms with Crippen LogP contribution >= 0.6 is 11.6 Å². The quantitative estimate of drug-likeness (QED) is 0.783. The number of benzene rings is 1. The average Bonchev–Trinajstić information content (AvgIpc) is 2.39. The van der Waals surface area contributed by atoms with Gasteiger partial charge < -0.3 is 14.5 Å². The molecule has 1 aliphatic heterocycles. The van der Waals surface area contributed by atoms with Gasteiger partial charge in [-0.2, -0.15) is 0 Å². The second-order valence-corrected chi connectivity index (χ2v) is 6.97. The molecule has 0 aliphatic carbocycles. The summed E-state index contributed by atoms with van der Waals surface area (Å²) >= 11 is 5.71. The minimum absolute atomic E-state index is 0.0117. The molecular formula is C16H22ClFN2O2. The molecule has 0 radical (unpaired) electrons. The molecule has 0 bridgehead atoms. The summed E-state index contributed by atoms with van der Waals surface area (Å²) in [6.45, 7) is 9.31. The molecule has 1 heterocycles. The second-order valence-electron chi connectivity index (χ2n) is 6.57. The number of ether oxygens (including phenoxy) is 1. The Morgan fingerprint density at radius 1 is 1.36 bits per heavy atom. The lowest BCUT2D eigenvalue weighted by Gasteiger charge is -2.41. The summed E-state index contributed by atoms with van der Waals surface area (Å²) in [6.07, 6.45) is -0.304. The van der Waals surface area contributed by atoms with Crippen molar-refractivity contribution >= 4 is 23.4 Å². The van der Waals surface area contributed by atoms with E-state index >= 15 is 0 Å². The van der Waals surface area contributed by atoms with Crippen LogP contribution in [-0.2, 0) is 4.74 Å². The standard InChI is InChI=1S/C16H22ClFN2O2/c1-11-10-19(12-5-6-13(17)14(18)9-12)7-8-20(11)15(21)22-16(2,3)4/h5-6,9,11H,7-8,10H2,1-4H3/t11-/m1/s1. The Hall–Kier alpha value is -1.49. The van der Waals surface area contributed by atoms with Crippen molar-refractivity contribution in [3.8, 4) is 0 Å². The Kier molecular flexibility index (Phi) is 4.85. The Balaban J connectivity index is 2.03. The molecule has 1 atom stereocenters. The van der Waals surface area contributed by atoms with Gasteiger partial charge in [-0.15, -0.1) is 0 Å². The second kappa shape index (κ2) is 6.32. The third-order valence-electron chi connectivity index (χ3n) is 3.52. The highest BCUT2D eigenvalue weighted by Gasteiger charge is 2.31. The topological polar surface area (TPSA) is 32.8 Å². The largest absolute Gasteiger partial charge is 0.444 e. The van der Waals surface area contributed by atoms with Crippen molar-refractivity contribution in [2.75, 3.05) is 24.5 Å². The van der Waals surface area contributed by atoms with Gasteiger partial charge in [-0.25, -0.2) is 9.18 Å². The van der Waals surface area contributed by atoms with E-state index in [-0.39, 0.29) is 17.2 Å². The SMILES string of the molecule is C[C@@H]1CN(c2ccc(Cl)c(F)c2)CCN1C(=O)OC(C)(C)C. The van der Waals surface area contributed by atoms with Crippen LogP contribution in [0.25, 0.3) is 0 Å². The number of nitrogens with zero attached hydrogens (tertiary/aromatic N) is 2. The zero-order chi connectivity index (χ0) is 16.5. The molecule has 1 saturated heterocycles. The smallest absolute Gasteiger partial charge is 0.410 e. The normalized spacial score (nSPS) is 19.3. The molecule has 0 unspecified atom stereocenters. The number of hydrogen-bond acceptors (Lipinski definition) is 3. The van der Waals surface area contributed by atoms with E-state index in [4.69, 9.17) is 16.3 Å². The van der Waals surface area contributed by atoms with Crippen LogP contribution in [0.2, 0.25) is 5.02 Å². The molecule has 6 heteroatoms. The Morgan fingerprint density at radius 3 is 2.59 bits per heavy atom. The predicted molar refractivity (Wildman–Crippen MR) is 86.0 cm³/mol. The highest BCUT2D eigenvalue weighted by Crippen LogP contribution is 2.25. The summed E-state index contributed by atoms with van der Waals surface area (Å²) in [4.78, 5) is 15.9. The van der Waals surface area contributed by atoms with E-state index < -0.39 is 11.4 Å². The first kappa shape index (κ1) is 16.9. The summed E-state index contributed by atoms with van der Waals surface area (Å²) in [5.74, 6) is -0.429. The minimum Gasteiger partial charge on any atom is -0.444 e. The average molecular weight is 329 g/mol. The van der Waals surface area contributed by atoms with E-state index in [0.29, 0.717) is 19.6 Å². The van der Waals surface area contributed by atoms with Crippen LogP contribution < -0.4 is 4.90 Å². The number of hydrogen-bond donors (Lipinski definition) is 0. The van der Waals surface area contributed by atoms with Crippen LogP contribution in [0.15, 0.2) is 18.2 Å². The zero-order valence-corrected chi connectivity index (χ0v) is 14.2. The van der Waals surface area contributed by atoms with Gasteiger partial charge >= 0.3 is 6.09 Å². The van der Waals surface area contributed by atoms with Gasteiger partial charge in [-0.05, 0) is 45.9 Å². The number of halogens is 2. The lowest BCUT2D eigenvalue weighted by molar-refractivity contribution is 0.0159. The van der Waals surface area contributed by atoms with Gasteiger partial charge in [0.15, 0.2) is 0 Å². The lowest BCUT2D eigenvalue weighted by atomic mass is 10.1. The maximum atomic E-state index is 13.6. The Bertz CT molecular complexity index is 560. The van der Waals surface area contributed by atoms with E-state index in [0.717, 1.165) is 5.69 Å². The number of amides is 1. The van der Waals surface area contributed by atoms with E-state index in [9.17, 15) is 9.18 Å². The van der Waals surface area contributed by atoms with Crippen molar-refractivity contribution < 1.29 is 13.9 Å². The van der Waals surface area contributed by atoms with Gasteiger partial charge in [0.05, 0.1) is 5.02 Å². The van der Waals surface area contributed by atoms with Crippen molar-refractivity contribution in [3.05, 3.63) is 29.0 Å². The Morgan fingerprint density at radius 2 is 2.05 bits per heavy atom. The van der Waals surface area contributed by atoms with Gasteiger partial charge in [0.2, 0.25) is 0 Å². The van der Waals surface area contributed by atoms with E-state index in [1.807, 2.05) is 32.6 Å². The molecule has 0 saturated carbocycles. The molecule has 1 fully saturated rings.